The lowest BCUT2D eigenvalue weighted by molar-refractivity contribution is -0.149. The van der Waals surface area contributed by atoms with Gasteiger partial charge in [-0.2, -0.15) is 0 Å². The van der Waals surface area contributed by atoms with Gasteiger partial charge in [-0.3, -0.25) is 9.78 Å². The molecule has 3 aromatic rings. The number of nitrogens with zero attached hydrogens (tertiary/aromatic N) is 1. The SMILES string of the molecule is CC(CO)(NC(=O)C(Cc1cncs1)NC(=O)OCC1c2ccccc2-c2ccccc21)C(=O)O. The summed E-state index contributed by atoms with van der Waals surface area (Å²) in [7, 11) is 0. The second-order valence-corrected chi connectivity index (χ2v) is 9.45. The van der Waals surface area contributed by atoms with E-state index in [9.17, 15) is 24.6 Å². The van der Waals surface area contributed by atoms with Gasteiger partial charge in [0.05, 0.1) is 12.1 Å². The Kier molecular flexibility index (Phi) is 7.13. The molecule has 0 saturated heterocycles. The summed E-state index contributed by atoms with van der Waals surface area (Å²) in [6.07, 6.45) is 0.840. The Labute approximate surface area is 205 Å². The van der Waals surface area contributed by atoms with Crippen molar-refractivity contribution in [2.24, 2.45) is 0 Å². The van der Waals surface area contributed by atoms with Gasteiger partial charge in [-0.05, 0) is 29.2 Å². The third kappa shape index (κ3) is 5.18. The average molecular weight is 496 g/mol. The van der Waals surface area contributed by atoms with Crippen LogP contribution in [0.25, 0.3) is 11.1 Å². The van der Waals surface area contributed by atoms with Crippen LogP contribution in [0, 0.1) is 0 Å². The van der Waals surface area contributed by atoms with E-state index >= 15 is 0 Å². The molecule has 1 heterocycles. The van der Waals surface area contributed by atoms with Crippen LogP contribution >= 0.6 is 11.3 Å². The fourth-order valence-corrected chi connectivity index (χ4v) is 4.70. The molecule has 0 aliphatic heterocycles. The van der Waals surface area contributed by atoms with E-state index in [-0.39, 0.29) is 18.9 Å². The Bertz CT molecular complexity index is 1190. The molecule has 0 spiro atoms. The van der Waals surface area contributed by atoms with E-state index < -0.39 is 36.2 Å². The predicted octanol–water partition coefficient (Wildman–Crippen LogP) is 2.54. The molecule has 1 aliphatic carbocycles. The maximum absolute atomic E-state index is 12.9. The molecule has 0 fully saturated rings. The number of amides is 2. The molecule has 0 bridgehead atoms. The second-order valence-electron chi connectivity index (χ2n) is 8.48. The van der Waals surface area contributed by atoms with Crippen molar-refractivity contribution in [1.82, 2.24) is 15.6 Å². The first kappa shape index (κ1) is 24.4. The zero-order chi connectivity index (χ0) is 25.0. The van der Waals surface area contributed by atoms with E-state index in [0.717, 1.165) is 22.3 Å². The number of alkyl carbamates (subject to hydrolysis) is 1. The molecule has 9 nitrogen and oxygen atoms in total. The molecular formula is C25H25N3O6S. The number of benzene rings is 2. The van der Waals surface area contributed by atoms with Gasteiger partial charge in [0.1, 0.15) is 12.6 Å². The van der Waals surface area contributed by atoms with E-state index in [1.807, 2.05) is 48.5 Å². The first-order chi connectivity index (χ1) is 16.8. The molecular weight excluding hydrogens is 470 g/mol. The second kappa shape index (κ2) is 10.2. The first-order valence-electron chi connectivity index (χ1n) is 11.0. The van der Waals surface area contributed by atoms with E-state index in [1.54, 1.807) is 11.7 Å². The Balaban J connectivity index is 1.47. The minimum atomic E-state index is -1.90. The number of hydrogen-bond acceptors (Lipinski definition) is 7. The van der Waals surface area contributed by atoms with Gasteiger partial charge in [0.25, 0.3) is 0 Å². The highest BCUT2D eigenvalue weighted by molar-refractivity contribution is 7.09. The highest BCUT2D eigenvalue weighted by Crippen LogP contribution is 2.44. The third-order valence-corrected chi connectivity index (χ3v) is 6.83. The van der Waals surface area contributed by atoms with Gasteiger partial charge in [-0.25, -0.2) is 9.59 Å². The molecule has 10 heteroatoms. The molecule has 182 valence electrons. The van der Waals surface area contributed by atoms with Crippen molar-refractivity contribution in [2.45, 2.75) is 30.8 Å². The van der Waals surface area contributed by atoms with Crippen molar-refractivity contribution in [3.8, 4) is 11.1 Å². The summed E-state index contributed by atoms with van der Waals surface area (Å²) in [5.41, 5.74) is 3.99. The van der Waals surface area contributed by atoms with Crippen LogP contribution in [0.3, 0.4) is 0 Å². The quantitative estimate of drug-likeness (QED) is 0.358. The number of aliphatic hydroxyl groups excluding tert-OH is 1. The number of rotatable bonds is 9. The molecule has 1 aliphatic rings. The van der Waals surface area contributed by atoms with Gasteiger partial charge in [-0.1, -0.05) is 48.5 Å². The fourth-order valence-electron chi connectivity index (χ4n) is 4.06. The van der Waals surface area contributed by atoms with Gasteiger partial charge in [0, 0.05) is 23.4 Å². The Morgan fingerprint density at radius 1 is 1.11 bits per heavy atom. The Morgan fingerprint density at radius 2 is 1.74 bits per heavy atom. The molecule has 2 aromatic carbocycles. The summed E-state index contributed by atoms with van der Waals surface area (Å²) in [5.74, 6) is -2.30. The van der Waals surface area contributed by atoms with Crippen molar-refractivity contribution >= 4 is 29.3 Å². The topological polar surface area (TPSA) is 138 Å². The number of aliphatic carboxylic acids is 1. The van der Waals surface area contributed by atoms with Crippen molar-refractivity contribution in [3.63, 3.8) is 0 Å². The van der Waals surface area contributed by atoms with Crippen molar-refractivity contribution in [1.29, 1.82) is 0 Å². The summed E-state index contributed by atoms with van der Waals surface area (Å²) in [6, 6.07) is 14.7. The normalized spacial score (nSPS) is 14.8. The van der Waals surface area contributed by atoms with Crippen molar-refractivity contribution < 1.29 is 29.3 Å². The van der Waals surface area contributed by atoms with Crippen LogP contribution < -0.4 is 10.6 Å². The van der Waals surface area contributed by atoms with E-state index in [4.69, 9.17) is 4.74 Å². The molecule has 1 aromatic heterocycles. The lowest BCUT2D eigenvalue weighted by Gasteiger charge is -2.27. The van der Waals surface area contributed by atoms with Crippen LogP contribution in [0.5, 0.6) is 0 Å². The maximum Gasteiger partial charge on any atom is 0.407 e. The minimum absolute atomic E-state index is 0.0677. The van der Waals surface area contributed by atoms with Crippen LogP contribution in [0.15, 0.2) is 60.2 Å². The maximum atomic E-state index is 12.9. The van der Waals surface area contributed by atoms with Crippen molar-refractivity contribution in [2.75, 3.05) is 13.2 Å². The zero-order valence-corrected chi connectivity index (χ0v) is 19.7. The van der Waals surface area contributed by atoms with Crippen LogP contribution in [-0.4, -0.2) is 58.0 Å². The van der Waals surface area contributed by atoms with E-state index in [0.29, 0.717) is 4.88 Å². The highest BCUT2D eigenvalue weighted by atomic mass is 32.1. The van der Waals surface area contributed by atoms with E-state index in [1.165, 1.54) is 18.3 Å². The number of aliphatic hydroxyl groups is 1. The van der Waals surface area contributed by atoms with Gasteiger partial charge >= 0.3 is 12.1 Å². The summed E-state index contributed by atoms with van der Waals surface area (Å²) in [4.78, 5) is 41.8. The summed E-state index contributed by atoms with van der Waals surface area (Å²) >= 11 is 1.30. The lowest BCUT2D eigenvalue weighted by Crippen LogP contribution is -2.60. The number of carboxylic acid groups (broad SMARTS) is 1. The number of thiazole rings is 1. The first-order valence-corrected chi connectivity index (χ1v) is 11.9. The van der Waals surface area contributed by atoms with E-state index in [2.05, 4.69) is 15.6 Å². The van der Waals surface area contributed by atoms with Gasteiger partial charge in [0.15, 0.2) is 5.54 Å². The highest BCUT2D eigenvalue weighted by Gasteiger charge is 2.37. The fraction of sp³-hybridized carbons (Fsp3) is 0.280. The molecule has 0 saturated carbocycles. The van der Waals surface area contributed by atoms with Gasteiger partial charge in [0.2, 0.25) is 5.91 Å². The largest absolute Gasteiger partial charge is 0.479 e. The number of fused-ring (bicyclic) bond motifs is 3. The van der Waals surface area contributed by atoms with Crippen molar-refractivity contribution in [3.05, 3.63) is 76.2 Å². The number of hydrogen-bond donors (Lipinski definition) is 4. The predicted molar refractivity (Wildman–Crippen MR) is 129 cm³/mol. The Morgan fingerprint density at radius 3 is 2.29 bits per heavy atom. The van der Waals surface area contributed by atoms with Crippen LogP contribution in [0.1, 0.15) is 28.8 Å². The smallest absolute Gasteiger partial charge is 0.407 e. The summed E-state index contributed by atoms with van der Waals surface area (Å²) in [6.45, 7) is 0.439. The molecule has 4 N–H and O–H groups in total. The monoisotopic (exact) mass is 495 g/mol. The lowest BCUT2D eigenvalue weighted by atomic mass is 9.98. The van der Waals surface area contributed by atoms with Crippen LogP contribution in [-0.2, 0) is 20.7 Å². The molecule has 2 unspecified atom stereocenters. The molecule has 2 amide bonds. The average Bonchev–Trinajstić information content (AvgIpc) is 3.48. The number of carbonyl (C=O) groups is 3. The molecule has 4 rings (SSSR count). The summed E-state index contributed by atoms with van der Waals surface area (Å²) < 4.78 is 5.54. The number of nitrogens with one attached hydrogen (secondary N) is 2. The van der Waals surface area contributed by atoms with Crippen LogP contribution in [0.2, 0.25) is 0 Å². The molecule has 35 heavy (non-hydrogen) atoms. The van der Waals surface area contributed by atoms with Gasteiger partial charge in [-0.15, -0.1) is 11.3 Å². The standard InChI is InChI=1S/C25H25N3O6S/c1-25(13-29,23(31)32)28-22(30)21(10-15-11-26-14-35-15)27-24(33)34-12-20-18-8-4-2-6-16(18)17-7-3-5-9-19(17)20/h2-9,11,14,20-21,29H,10,12-13H2,1H3,(H,27,33)(H,28,30)(H,31,32). The Hall–Kier alpha value is -3.76. The number of carboxylic acids is 1. The molecule has 2 atom stereocenters. The number of carbonyl (C=O) groups excluding carboxylic acids is 2. The van der Waals surface area contributed by atoms with Crippen LogP contribution in [0.4, 0.5) is 4.79 Å². The molecule has 0 radical (unpaired) electrons. The number of aromatic nitrogens is 1. The van der Waals surface area contributed by atoms with Gasteiger partial charge < -0.3 is 25.6 Å². The minimum Gasteiger partial charge on any atom is -0.479 e. The number of ether oxygens (including phenoxy) is 1. The zero-order valence-electron chi connectivity index (χ0n) is 18.9. The third-order valence-electron chi connectivity index (χ3n) is 6.03. The summed E-state index contributed by atoms with van der Waals surface area (Å²) in [5, 5.41) is 23.7.